The Bertz CT molecular complexity index is 1160. The Morgan fingerprint density at radius 2 is 1.82 bits per heavy atom. The van der Waals surface area contributed by atoms with Gasteiger partial charge in [-0.3, -0.25) is 10.1 Å². The molecule has 0 N–H and O–H groups in total. The first-order valence-corrected chi connectivity index (χ1v) is 9.65. The van der Waals surface area contributed by atoms with Crippen molar-refractivity contribution in [2.75, 3.05) is 0 Å². The molecule has 0 fully saturated rings. The number of aromatic nitrogens is 1. The third-order valence-electron chi connectivity index (χ3n) is 5.71. The lowest BCUT2D eigenvalue weighted by atomic mass is 9.76. The van der Waals surface area contributed by atoms with E-state index in [-0.39, 0.29) is 16.0 Å². The van der Waals surface area contributed by atoms with Gasteiger partial charge in [-0.25, -0.2) is 0 Å². The Morgan fingerprint density at radius 1 is 1.11 bits per heavy atom. The van der Waals surface area contributed by atoms with E-state index in [2.05, 4.69) is 80.0 Å². The Hall–Kier alpha value is -3.14. The molecular formula is C24H24N2O2. The molecule has 142 valence electrons. The maximum Gasteiger partial charge on any atom is 0.270 e. The Balaban J connectivity index is 1.81. The topological polar surface area (TPSA) is 48.1 Å². The van der Waals surface area contributed by atoms with Crippen molar-refractivity contribution in [3.8, 4) is 0 Å². The highest BCUT2D eigenvalue weighted by Crippen LogP contribution is 2.35. The van der Waals surface area contributed by atoms with Gasteiger partial charge in [-0.05, 0) is 36.1 Å². The van der Waals surface area contributed by atoms with Gasteiger partial charge < -0.3 is 4.57 Å². The normalized spacial score (nSPS) is 18.5. The van der Waals surface area contributed by atoms with E-state index in [1.807, 2.05) is 6.07 Å². The van der Waals surface area contributed by atoms with Crippen LogP contribution in [0.3, 0.4) is 0 Å². The van der Waals surface area contributed by atoms with Crippen LogP contribution in [0, 0.1) is 21.4 Å². The summed E-state index contributed by atoms with van der Waals surface area (Å²) >= 11 is 0. The summed E-state index contributed by atoms with van der Waals surface area (Å²) in [5.41, 5.74) is 3.47. The van der Waals surface area contributed by atoms with Crippen molar-refractivity contribution in [3.63, 3.8) is 0 Å². The summed E-state index contributed by atoms with van der Waals surface area (Å²) in [5, 5.41) is 13.2. The van der Waals surface area contributed by atoms with Crippen molar-refractivity contribution in [2.45, 2.75) is 27.3 Å². The molecular weight excluding hydrogens is 348 g/mol. The van der Waals surface area contributed by atoms with Crippen LogP contribution in [-0.2, 0) is 6.54 Å². The van der Waals surface area contributed by atoms with Gasteiger partial charge in [-0.2, -0.15) is 0 Å². The molecule has 0 radical (unpaired) electrons. The number of nitro groups is 1. The molecule has 0 bridgehead atoms. The second-order valence-electron chi connectivity index (χ2n) is 7.93. The smallest absolute Gasteiger partial charge is 0.270 e. The number of rotatable bonds is 4. The number of non-ortho nitro benzene ring substituents is 1. The number of hydrogen-bond acceptors (Lipinski definition) is 2. The third-order valence-corrected chi connectivity index (χ3v) is 5.71. The minimum absolute atomic E-state index is 0.0915. The average molecular weight is 372 g/mol. The molecule has 1 atom stereocenters. The summed E-state index contributed by atoms with van der Waals surface area (Å²) in [7, 11) is 0. The predicted molar refractivity (Wildman–Crippen MR) is 116 cm³/mol. The fraction of sp³-hybridized carbons (Fsp3) is 0.250. The highest BCUT2D eigenvalue weighted by molar-refractivity contribution is 6.09. The number of allylic oxidation sites excluding steroid dienone is 5. The maximum atomic E-state index is 11.2. The molecule has 1 heterocycles. The lowest BCUT2D eigenvalue weighted by molar-refractivity contribution is -0.384. The molecule has 28 heavy (non-hydrogen) atoms. The van der Waals surface area contributed by atoms with Crippen LogP contribution < -0.4 is 0 Å². The van der Waals surface area contributed by atoms with Crippen LogP contribution in [0.5, 0.6) is 0 Å². The largest absolute Gasteiger partial charge is 0.341 e. The van der Waals surface area contributed by atoms with Gasteiger partial charge in [0.1, 0.15) is 0 Å². The zero-order valence-corrected chi connectivity index (χ0v) is 16.4. The van der Waals surface area contributed by atoms with Crippen LogP contribution in [0.1, 0.15) is 26.3 Å². The number of nitrogens with zero attached hydrogens (tertiary/aromatic N) is 2. The molecule has 2 aromatic carbocycles. The summed E-state index contributed by atoms with van der Waals surface area (Å²) in [6.45, 7) is 7.39. The number of hydrogen-bond donors (Lipinski definition) is 0. The highest BCUT2D eigenvalue weighted by Gasteiger charge is 2.23. The molecule has 1 aromatic heterocycles. The van der Waals surface area contributed by atoms with Crippen LogP contribution in [-0.4, -0.2) is 9.49 Å². The Kier molecular flexibility index (Phi) is 4.42. The van der Waals surface area contributed by atoms with Crippen LogP contribution in [0.2, 0.25) is 0 Å². The molecule has 4 heteroatoms. The van der Waals surface area contributed by atoms with Gasteiger partial charge in [0.15, 0.2) is 0 Å². The molecule has 4 nitrogen and oxygen atoms in total. The van der Waals surface area contributed by atoms with Gasteiger partial charge in [0, 0.05) is 46.4 Å². The fourth-order valence-corrected chi connectivity index (χ4v) is 4.04. The molecule has 0 saturated heterocycles. The Morgan fingerprint density at radius 3 is 2.50 bits per heavy atom. The molecule has 1 aliphatic carbocycles. The summed E-state index contributed by atoms with van der Waals surface area (Å²) < 4.78 is 2.21. The van der Waals surface area contributed by atoms with Crippen LogP contribution in [0.15, 0.2) is 66.8 Å². The van der Waals surface area contributed by atoms with Crippen molar-refractivity contribution in [1.82, 2.24) is 4.57 Å². The lowest BCUT2D eigenvalue weighted by Gasteiger charge is -2.29. The van der Waals surface area contributed by atoms with Crippen LogP contribution in [0.4, 0.5) is 5.69 Å². The van der Waals surface area contributed by atoms with Crippen molar-refractivity contribution in [2.24, 2.45) is 11.3 Å². The molecule has 0 aliphatic heterocycles. The van der Waals surface area contributed by atoms with E-state index in [0.29, 0.717) is 5.92 Å². The fourth-order valence-electron chi connectivity index (χ4n) is 4.04. The first-order valence-electron chi connectivity index (χ1n) is 9.65. The van der Waals surface area contributed by atoms with E-state index in [0.717, 1.165) is 33.9 Å². The van der Waals surface area contributed by atoms with Gasteiger partial charge in [-0.15, -0.1) is 0 Å². The van der Waals surface area contributed by atoms with Crippen LogP contribution in [0.25, 0.3) is 27.9 Å². The van der Waals surface area contributed by atoms with E-state index in [9.17, 15) is 10.1 Å². The quantitative estimate of drug-likeness (QED) is 0.387. The standard InChI is InChI=1S/C24H24N2O2/c1-4-25-22-12-9-17(8-10-18-7-5-6-14-24(18,2)3)15-20(22)21-16-19(26(27)28)11-13-23(21)25/h5-16,18H,4H2,1-3H3/b10-8+. The molecule has 0 saturated carbocycles. The van der Waals surface area contributed by atoms with Crippen molar-refractivity contribution < 1.29 is 4.92 Å². The van der Waals surface area contributed by atoms with Gasteiger partial charge in [0.2, 0.25) is 0 Å². The van der Waals surface area contributed by atoms with Gasteiger partial charge >= 0.3 is 0 Å². The first-order chi connectivity index (χ1) is 13.4. The molecule has 4 rings (SSSR count). The van der Waals surface area contributed by atoms with Crippen molar-refractivity contribution in [1.29, 1.82) is 0 Å². The van der Waals surface area contributed by atoms with Crippen LogP contribution >= 0.6 is 0 Å². The second kappa shape index (κ2) is 6.79. The lowest BCUT2D eigenvalue weighted by Crippen LogP contribution is -2.19. The van der Waals surface area contributed by atoms with Gasteiger partial charge in [0.25, 0.3) is 5.69 Å². The summed E-state index contributed by atoms with van der Waals surface area (Å²) in [6, 6.07) is 11.5. The Labute approximate surface area is 164 Å². The summed E-state index contributed by atoms with van der Waals surface area (Å²) in [4.78, 5) is 10.9. The first kappa shape index (κ1) is 18.2. The molecule has 0 spiro atoms. The maximum absolute atomic E-state index is 11.2. The average Bonchev–Trinajstić information content (AvgIpc) is 2.99. The van der Waals surface area contributed by atoms with Gasteiger partial charge in [-0.1, -0.05) is 56.4 Å². The molecule has 1 unspecified atom stereocenters. The molecule has 1 aliphatic rings. The van der Waals surface area contributed by atoms with Gasteiger partial charge in [0.05, 0.1) is 4.92 Å². The molecule has 3 aromatic rings. The monoisotopic (exact) mass is 372 g/mol. The third kappa shape index (κ3) is 3.05. The zero-order valence-electron chi connectivity index (χ0n) is 16.4. The second-order valence-corrected chi connectivity index (χ2v) is 7.93. The summed E-state index contributed by atoms with van der Waals surface area (Å²) in [6.07, 6.45) is 13.0. The number of aryl methyl sites for hydroxylation is 1. The summed E-state index contributed by atoms with van der Waals surface area (Å²) in [5.74, 6) is 0.339. The molecule has 0 amide bonds. The van der Waals surface area contributed by atoms with E-state index >= 15 is 0 Å². The van der Waals surface area contributed by atoms with Crippen molar-refractivity contribution in [3.05, 3.63) is 82.5 Å². The van der Waals surface area contributed by atoms with E-state index < -0.39 is 0 Å². The van der Waals surface area contributed by atoms with E-state index in [1.54, 1.807) is 12.1 Å². The number of benzene rings is 2. The SMILES string of the molecule is CCn1c2ccc(/C=C/C3C=CC=CC3(C)C)cc2c2cc([N+](=O)[O-])ccc21. The zero-order chi connectivity index (χ0) is 19.9. The minimum atomic E-state index is -0.330. The van der Waals surface area contributed by atoms with E-state index in [4.69, 9.17) is 0 Å². The highest BCUT2D eigenvalue weighted by atomic mass is 16.6. The minimum Gasteiger partial charge on any atom is -0.341 e. The predicted octanol–water partition coefficient (Wildman–Crippen LogP) is 6.50. The number of nitro benzene ring substituents is 1. The van der Waals surface area contributed by atoms with Crippen molar-refractivity contribution >= 4 is 33.6 Å². The van der Waals surface area contributed by atoms with E-state index in [1.165, 1.54) is 0 Å². The number of fused-ring (bicyclic) bond motifs is 3.